The topological polar surface area (TPSA) is 347 Å². The van der Waals surface area contributed by atoms with E-state index in [0.29, 0.717) is 50.6 Å². The van der Waals surface area contributed by atoms with Gasteiger partial charge in [0, 0.05) is 18.4 Å². The lowest BCUT2D eigenvalue weighted by Gasteiger charge is -2.34. The molecule has 0 spiro atoms. The van der Waals surface area contributed by atoms with Crippen LogP contribution in [0.5, 0.6) is 5.75 Å². The molecule has 0 bridgehead atoms. The van der Waals surface area contributed by atoms with Crippen LogP contribution in [0, 0.1) is 5.92 Å². The Morgan fingerprint density at radius 1 is 0.924 bits per heavy atom. The molecule has 370 valence electrons. The Morgan fingerprint density at radius 3 is 2.11 bits per heavy atom. The Balaban J connectivity index is 2.56. The van der Waals surface area contributed by atoms with Crippen molar-refractivity contribution < 1.29 is 53.7 Å². The zero-order valence-electron chi connectivity index (χ0n) is 39.4. The molecule has 0 unspecified atom stereocenters. The van der Waals surface area contributed by atoms with Gasteiger partial charge in [-0.15, -0.1) is 0 Å². The van der Waals surface area contributed by atoms with E-state index in [9.17, 15) is 53.7 Å². The number of unbranched alkanes of at least 4 members (excludes halogenated alkanes) is 1. The average Bonchev–Trinajstić information content (AvgIpc) is 3.23. The number of aliphatic hydroxyl groups is 2. The Hall–Kier alpha value is -5.44. The Kier molecular flexibility index (Phi) is 22.9. The molecule has 1 aromatic rings. The summed E-state index contributed by atoms with van der Waals surface area (Å²) >= 11 is 0. The van der Waals surface area contributed by atoms with Crippen molar-refractivity contribution in [3.8, 4) is 5.75 Å². The molecule has 1 heterocycles. The van der Waals surface area contributed by atoms with Crippen LogP contribution >= 0.6 is 0 Å². The van der Waals surface area contributed by atoms with E-state index in [2.05, 4.69) is 31.9 Å². The van der Waals surface area contributed by atoms with Crippen molar-refractivity contribution in [2.75, 3.05) is 13.2 Å². The number of allylic oxidation sites excluding steroid dienone is 2. The van der Waals surface area contributed by atoms with Gasteiger partial charge >= 0.3 is 0 Å². The number of nitrogens with two attached hydrogens (primary N) is 3. The molecule has 1 aliphatic heterocycles. The molecular weight excluding hydrogens is 855 g/mol. The van der Waals surface area contributed by atoms with Crippen molar-refractivity contribution in [2.24, 2.45) is 23.1 Å². The molecule has 0 fully saturated rings. The standard InChI is InChI=1S/C46H75N9O11/c1-28(57)37-41(64)50-33(20-21-36(49)60)35(59)26-30(27-56)38(61)53-46(6,43(66)55-44(2,3)4)23-13-10-8-7-9-12-22-45(5,42(65)52-37)54-40(63)34(15-11-14-24-47)51-39(62)32(48)25-29-16-18-31(58)19-17-29/h7-8,16-19,28,30,32-34,37,56-58H,9-15,20-27,47-48H2,1-6H3,(H2,49,60)(H,50,64)(H,51,62)(H,52,65)(H,53,61)(H,54,63)(H,55,66)/b8-7+/t28-,30+,32+,33+,34+,37+,45+,46+/m1/s1. The van der Waals surface area contributed by atoms with E-state index in [1.165, 1.54) is 26.0 Å². The lowest BCUT2D eigenvalue weighted by Crippen LogP contribution is -2.65. The first-order chi connectivity index (χ1) is 30.8. The lowest BCUT2D eigenvalue weighted by atomic mass is 9.89. The number of ketones is 1. The van der Waals surface area contributed by atoms with E-state index in [0.717, 1.165) is 0 Å². The molecule has 1 aromatic carbocycles. The van der Waals surface area contributed by atoms with Crippen LogP contribution in [0.25, 0.3) is 0 Å². The minimum absolute atomic E-state index is 0.00619. The molecule has 15 N–H and O–H groups in total. The number of nitrogens with one attached hydrogen (secondary N) is 6. The summed E-state index contributed by atoms with van der Waals surface area (Å²) in [7, 11) is 0. The molecule has 0 aliphatic carbocycles. The van der Waals surface area contributed by atoms with Crippen LogP contribution < -0.4 is 49.1 Å². The minimum Gasteiger partial charge on any atom is -0.508 e. The highest BCUT2D eigenvalue weighted by Crippen LogP contribution is 2.22. The van der Waals surface area contributed by atoms with Crippen LogP contribution in [0.15, 0.2) is 36.4 Å². The van der Waals surface area contributed by atoms with Crippen LogP contribution in [0.2, 0.25) is 0 Å². The number of carbonyl (C=O) groups is 8. The minimum atomic E-state index is -1.76. The molecule has 0 aromatic heterocycles. The number of phenols is 1. The van der Waals surface area contributed by atoms with Crippen LogP contribution in [0.4, 0.5) is 0 Å². The number of primary amides is 1. The summed E-state index contributed by atoms with van der Waals surface area (Å²) in [5.41, 5.74) is 14.1. The van der Waals surface area contributed by atoms with Crippen LogP contribution in [-0.2, 0) is 44.8 Å². The second-order valence-electron chi connectivity index (χ2n) is 18.7. The Labute approximate surface area is 387 Å². The molecule has 20 heteroatoms. The number of Topliss-reactive ketones (excluding diaryl/α,β-unsaturated/α-hetero) is 1. The van der Waals surface area contributed by atoms with Gasteiger partial charge in [-0.05, 0) is 136 Å². The number of aliphatic hydroxyl groups excluding tert-OH is 2. The third-order valence-corrected chi connectivity index (χ3v) is 11.3. The smallest absolute Gasteiger partial charge is 0.246 e. The number of amides is 7. The third-order valence-electron chi connectivity index (χ3n) is 11.3. The van der Waals surface area contributed by atoms with Gasteiger partial charge in [-0.3, -0.25) is 38.4 Å². The maximum Gasteiger partial charge on any atom is 0.246 e. The Bertz CT molecular complexity index is 1850. The molecule has 0 radical (unpaired) electrons. The van der Waals surface area contributed by atoms with Gasteiger partial charge in [0.1, 0.15) is 28.9 Å². The molecule has 7 amide bonds. The molecule has 0 saturated heterocycles. The number of hydrogen-bond donors (Lipinski definition) is 12. The van der Waals surface area contributed by atoms with E-state index in [1.54, 1.807) is 39.8 Å². The third kappa shape index (κ3) is 19.2. The second kappa shape index (κ2) is 26.6. The molecule has 66 heavy (non-hydrogen) atoms. The van der Waals surface area contributed by atoms with Gasteiger partial charge < -0.3 is 64.4 Å². The first-order valence-electron chi connectivity index (χ1n) is 22.7. The molecule has 2 rings (SSSR count). The molecule has 0 saturated carbocycles. The van der Waals surface area contributed by atoms with Crippen LogP contribution in [0.1, 0.15) is 124 Å². The van der Waals surface area contributed by atoms with Gasteiger partial charge in [0.05, 0.1) is 30.7 Å². The molecule has 20 nitrogen and oxygen atoms in total. The maximum atomic E-state index is 14.4. The summed E-state index contributed by atoms with van der Waals surface area (Å²) in [4.78, 5) is 109. The highest BCUT2D eigenvalue weighted by molar-refractivity contribution is 5.99. The fourth-order valence-electron chi connectivity index (χ4n) is 7.27. The van der Waals surface area contributed by atoms with Crippen molar-refractivity contribution in [2.45, 2.75) is 172 Å². The summed E-state index contributed by atoms with van der Waals surface area (Å²) < 4.78 is 0. The highest BCUT2D eigenvalue weighted by Gasteiger charge is 2.42. The van der Waals surface area contributed by atoms with Crippen molar-refractivity contribution in [1.82, 2.24) is 31.9 Å². The van der Waals surface area contributed by atoms with E-state index in [-0.39, 0.29) is 44.3 Å². The van der Waals surface area contributed by atoms with Crippen molar-refractivity contribution in [3.63, 3.8) is 0 Å². The summed E-state index contributed by atoms with van der Waals surface area (Å²) in [6.07, 6.45) is 3.84. The first kappa shape index (κ1) is 56.7. The fraction of sp³-hybridized carbons (Fsp3) is 0.652. The van der Waals surface area contributed by atoms with Gasteiger partial charge in [-0.1, -0.05) is 24.3 Å². The summed E-state index contributed by atoms with van der Waals surface area (Å²) in [5, 5.41) is 46.9. The van der Waals surface area contributed by atoms with E-state index in [4.69, 9.17) is 17.2 Å². The van der Waals surface area contributed by atoms with Gasteiger partial charge in [-0.25, -0.2) is 0 Å². The van der Waals surface area contributed by atoms with Gasteiger partial charge in [0.25, 0.3) is 0 Å². The quantitative estimate of drug-likeness (QED) is 0.0745. The Morgan fingerprint density at radius 2 is 1.55 bits per heavy atom. The van der Waals surface area contributed by atoms with Gasteiger partial charge in [-0.2, -0.15) is 0 Å². The molecular formula is C46H75N9O11. The number of benzene rings is 1. The monoisotopic (exact) mass is 930 g/mol. The van der Waals surface area contributed by atoms with Gasteiger partial charge in [0.15, 0.2) is 5.78 Å². The highest BCUT2D eigenvalue weighted by atomic mass is 16.3. The van der Waals surface area contributed by atoms with E-state index in [1.807, 2.05) is 12.2 Å². The number of hydrogen-bond acceptors (Lipinski definition) is 13. The first-order valence-corrected chi connectivity index (χ1v) is 22.7. The normalized spacial score (nSPS) is 25.0. The van der Waals surface area contributed by atoms with E-state index < -0.39 is 113 Å². The second-order valence-corrected chi connectivity index (χ2v) is 18.7. The number of carbonyl (C=O) groups excluding carboxylic acids is 8. The predicted molar refractivity (Wildman–Crippen MR) is 247 cm³/mol. The summed E-state index contributed by atoms with van der Waals surface area (Å²) in [6.45, 7) is 9.05. The zero-order chi connectivity index (χ0) is 49.8. The number of phenolic OH excluding ortho intramolecular Hbond substituents is 1. The van der Waals surface area contributed by atoms with Crippen molar-refractivity contribution in [3.05, 3.63) is 42.0 Å². The lowest BCUT2D eigenvalue weighted by molar-refractivity contribution is -0.140. The zero-order valence-corrected chi connectivity index (χ0v) is 39.4. The summed E-state index contributed by atoms with van der Waals surface area (Å²) in [6, 6.07) is 0.694. The van der Waals surface area contributed by atoms with Crippen molar-refractivity contribution >= 4 is 47.1 Å². The number of aromatic hydroxyl groups is 1. The predicted octanol–water partition coefficient (Wildman–Crippen LogP) is -0.366. The van der Waals surface area contributed by atoms with Gasteiger partial charge in [0.2, 0.25) is 41.4 Å². The number of rotatable bonds is 16. The fourth-order valence-corrected chi connectivity index (χ4v) is 7.27. The SMILES string of the molecule is C[C@@H](O)[C@@H]1NC(=O)[C@@](C)(NC(=O)[C@H](CCCCN)NC(=O)[C@@H](N)Cc2ccc(O)cc2)CCC/C=C/CCC[C@@](C)(C(=O)NC(C)(C)C)NC(=O)[C@H](CO)CC(=O)[C@H](CCC(N)=O)NC1=O. The molecule has 8 atom stereocenters. The molecule has 1 aliphatic rings. The maximum absolute atomic E-state index is 14.4. The van der Waals surface area contributed by atoms with Crippen molar-refractivity contribution in [1.29, 1.82) is 0 Å². The van der Waals surface area contributed by atoms with Crippen LogP contribution in [-0.4, -0.2) is 122 Å². The van der Waals surface area contributed by atoms with Crippen LogP contribution in [0.3, 0.4) is 0 Å². The largest absolute Gasteiger partial charge is 0.508 e. The summed E-state index contributed by atoms with van der Waals surface area (Å²) in [5.74, 6) is -7.52. The average molecular weight is 930 g/mol. The van der Waals surface area contributed by atoms with E-state index >= 15 is 0 Å².